The highest BCUT2D eigenvalue weighted by molar-refractivity contribution is 5.86. The Hall–Kier alpha value is -1.33. The second kappa shape index (κ2) is 10.3. The van der Waals surface area contributed by atoms with E-state index in [1.807, 2.05) is 0 Å². The molecule has 3 aliphatic heterocycles. The van der Waals surface area contributed by atoms with Crippen LogP contribution in [-0.2, 0) is 11.3 Å². The SMILES string of the molecule is Cl.Cl.O=C(CC1CC2CCC(C1)N2)N1CCN(Cc2cccc3ccccc23)CC1. The lowest BCUT2D eigenvalue weighted by atomic mass is 9.89. The number of fused-ring (bicyclic) bond motifs is 3. The van der Waals surface area contributed by atoms with Crippen LogP contribution >= 0.6 is 24.8 Å². The molecule has 6 heteroatoms. The lowest BCUT2D eigenvalue weighted by Crippen LogP contribution is -2.49. The predicted molar refractivity (Wildman–Crippen MR) is 128 cm³/mol. The second-order valence-corrected chi connectivity index (χ2v) is 8.97. The molecule has 1 amide bonds. The maximum Gasteiger partial charge on any atom is 0.222 e. The molecule has 2 unspecified atom stereocenters. The van der Waals surface area contributed by atoms with Crippen molar-refractivity contribution in [3.8, 4) is 0 Å². The van der Waals surface area contributed by atoms with Crippen molar-refractivity contribution in [3.05, 3.63) is 48.0 Å². The predicted octanol–water partition coefficient (Wildman–Crippen LogP) is 4.25. The third-order valence-electron chi connectivity index (χ3n) is 7.03. The summed E-state index contributed by atoms with van der Waals surface area (Å²) in [5.41, 5.74) is 1.39. The molecule has 0 radical (unpaired) electrons. The van der Waals surface area contributed by atoms with E-state index in [-0.39, 0.29) is 24.8 Å². The molecule has 0 saturated carbocycles. The molecule has 30 heavy (non-hydrogen) atoms. The number of piperazine rings is 1. The first-order chi connectivity index (χ1) is 13.7. The molecule has 164 valence electrons. The van der Waals surface area contributed by atoms with Gasteiger partial charge in [0.2, 0.25) is 5.91 Å². The molecule has 0 aromatic heterocycles. The van der Waals surface area contributed by atoms with Gasteiger partial charge >= 0.3 is 0 Å². The Kier molecular flexibility index (Phi) is 8.03. The topological polar surface area (TPSA) is 35.6 Å². The van der Waals surface area contributed by atoms with Crippen LogP contribution in [0, 0.1) is 5.92 Å². The maximum atomic E-state index is 12.8. The Balaban J connectivity index is 0.00000128. The molecular weight excluding hydrogens is 417 g/mol. The third-order valence-corrected chi connectivity index (χ3v) is 7.03. The molecule has 4 nitrogen and oxygen atoms in total. The van der Waals surface area contributed by atoms with Crippen molar-refractivity contribution in [1.29, 1.82) is 0 Å². The van der Waals surface area contributed by atoms with Gasteiger partial charge in [0.1, 0.15) is 0 Å². The maximum absolute atomic E-state index is 12.8. The van der Waals surface area contributed by atoms with Crippen molar-refractivity contribution in [2.24, 2.45) is 5.92 Å². The molecule has 3 fully saturated rings. The number of nitrogens with one attached hydrogen (secondary N) is 1. The van der Waals surface area contributed by atoms with E-state index in [0.717, 1.165) is 39.1 Å². The van der Waals surface area contributed by atoms with E-state index in [4.69, 9.17) is 0 Å². The largest absolute Gasteiger partial charge is 0.340 e. The van der Waals surface area contributed by atoms with Crippen LogP contribution in [0.5, 0.6) is 0 Å². The highest BCUT2D eigenvalue weighted by atomic mass is 35.5. The average Bonchev–Trinajstić information content (AvgIpc) is 3.07. The zero-order valence-electron chi connectivity index (χ0n) is 17.5. The number of hydrogen-bond acceptors (Lipinski definition) is 3. The molecule has 3 saturated heterocycles. The Morgan fingerprint density at radius 2 is 1.57 bits per heavy atom. The number of carbonyl (C=O) groups is 1. The van der Waals surface area contributed by atoms with Crippen molar-refractivity contribution in [2.75, 3.05) is 26.2 Å². The van der Waals surface area contributed by atoms with Crippen LogP contribution in [0.1, 0.15) is 37.7 Å². The minimum Gasteiger partial charge on any atom is -0.340 e. The lowest BCUT2D eigenvalue weighted by Gasteiger charge is -2.36. The minimum atomic E-state index is 0. The monoisotopic (exact) mass is 449 g/mol. The molecule has 2 aromatic rings. The summed E-state index contributed by atoms with van der Waals surface area (Å²) in [4.78, 5) is 17.4. The van der Waals surface area contributed by atoms with Gasteiger partial charge in [0.15, 0.2) is 0 Å². The zero-order chi connectivity index (χ0) is 18.9. The van der Waals surface area contributed by atoms with Gasteiger partial charge in [-0.1, -0.05) is 42.5 Å². The minimum absolute atomic E-state index is 0. The van der Waals surface area contributed by atoms with Crippen molar-refractivity contribution in [3.63, 3.8) is 0 Å². The summed E-state index contributed by atoms with van der Waals surface area (Å²) in [6, 6.07) is 16.6. The number of piperidine rings is 1. The summed E-state index contributed by atoms with van der Waals surface area (Å²) in [5.74, 6) is 0.982. The smallest absolute Gasteiger partial charge is 0.222 e. The summed E-state index contributed by atoms with van der Waals surface area (Å²) >= 11 is 0. The van der Waals surface area contributed by atoms with Gasteiger partial charge in [0, 0.05) is 51.2 Å². The normalized spacial score (nSPS) is 26.1. The summed E-state index contributed by atoms with van der Waals surface area (Å²) < 4.78 is 0. The number of amides is 1. The summed E-state index contributed by atoms with van der Waals surface area (Å²) in [7, 11) is 0. The standard InChI is InChI=1S/C24H31N3O.2ClH/c28-24(16-18-14-21-8-9-22(15-18)25-21)27-12-10-26(11-13-27)17-20-6-3-5-19-4-1-2-7-23(19)20;;/h1-7,18,21-22,25H,8-17H2;2*1H. The fourth-order valence-electron chi connectivity index (χ4n) is 5.54. The van der Waals surface area contributed by atoms with Crippen molar-refractivity contribution < 1.29 is 4.79 Å². The summed E-state index contributed by atoms with van der Waals surface area (Å²) in [6.45, 7) is 4.68. The van der Waals surface area contributed by atoms with E-state index in [0.29, 0.717) is 23.9 Å². The quantitative estimate of drug-likeness (QED) is 0.757. The highest BCUT2D eigenvalue weighted by Gasteiger charge is 2.35. The van der Waals surface area contributed by atoms with Crippen molar-refractivity contribution in [1.82, 2.24) is 15.1 Å². The Morgan fingerprint density at radius 3 is 2.30 bits per heavy atom. The van der Waals surface area contributed by atoms with Crippen LogP contribution in [-0.4, -0.2) is 54.0 Å². The fraction of sp³-hybridized carbons (Fsp3) is 0.542. The summed E-state index contributed by atoms with van der Waals surface area (Å²) in [6.07, 6.45) is 5.77. The molecule has 3 aliphatic rings. The second-order valence-electron chi connectivity index (χ2n) is 8.97. The first-order valence-corrected chi connectivity index (χ1v) is 11.0. The lowest BCUT2D eigenvalue weighted by molar-refractivity contribution is -0.134. The van der Waals surface area contributed by atoms with Crippen LogP contribution in [0.25, 0.3) is 10.8 Å². The van der Waals surface area contributed by atoms with Gasteiger partial charge in [-0.2, -0.15) is 0 Å². The van der Waals surface area contributed by atoms with Crippen LogP contribution in [0.3, 0.4) is 0 Å². The third kappa shape index (κ3) is 5.11. The first-order valence-electron chi connectivity index (χ1n) is 11.0. The number of hydrogen-bond donors (Lipinski definition) is 1. The Morgan fingerprint density at radius 1 is 0.900 bits per heavy atom. The van der Waals surface area contributed by atoms with Gasteiger partial charge in [0.25, 0.3) is 0 Å². The van der Waals surface area contributed by atoms with Gasteiger partial charge in [-0.25, -0.2) is 0 Å². The van der Waals surface area contributed by atoms with Crippen LogP contribution in [0.4, 0.5) is 0 Å². The van der Waals surface area contributed by atoms with Crippen LogP contribution < -0.4 is 5.32 Å². The number of rotatable bonds is 4. The Bertz CT molecular complexity index is 836. The number of carbonyl (C=O) groups excluding carboxylic acids is 1. The average molecular weight is 450 g/mol. The molecule has 0 spiro atoms. The van der Waals surface area contributed by atoms with Gasteiger partial charge in [0.05, 0.1) is 0 Å². The van der Waals surface area contributed by atoms with Crippen molar-refractivity contribution >= 4 is 41.5 Å². The van der Waals surface area contributed by atoms with Crippen molar-refractivity contribution in [2.45, 2.75) is 50.7 Å². The molecule has 3 heterocycles. The molecule has 2 bridgehead atoms. The van der Waals surface area contributed by atoms with E-state index < -0.39 is 0 Å². The van der Waals surface area contributed by atoms with E-state index in [9.17, 15) is 4.79 Å². The number of nitrogens with zero attached hydrogens (tertiary/aromatic N) is 2. The highest BCUT2D eigenvalue weighted by Crippen LogP contribution is 2.33. The molecular formula is C24H33Cl2N3O. The molecule has 0 aliphatic carbocycles. The van der Waals surface area contributed by atoms with E-state index in [2.05, 4.69) is 57.6 Å². The number of benzene rings is 2. The molecule has 2 aromatic carbocycles. The molecule has 2 atom stereocenters. The molecule has 1 N–H and O–H groups in total. The Labute approximate surface area is 192 Å². The van der Waals surface area contributed by atoms with E-state index in [1.165, 1.54) is 42.0 Å². The van der Waals surface area contributed by atoms with Gasteiger partial charge in [-0.05, 0) is 47.9 Å². The van der Waals surface area contributed by atoms with Gasteiger partial charge < -0.3 is 10.2 Å². The molecule has 5 rings (SSSR count). The first kappa shape index (κ1) is 23.3. The number of halogens is 2. The summed E-state index contributed by atoms with van der Waals surface area (Å²) in [5, 5.41) is 6.34. The fourth-order valence-corrected chi connectivity index (χ4v) is 5.54. The van der Waals surface area contributed by atoms with Gasteiger partial charge in [-0.15, -0.1) is 24.8 Å². The van der Waals surface area contributed by atoms with E-state index >= 15 is 0 Å². The zero-order valence-corrected chi connectivity index (χ0v) is 19.1. The van der Waals surface area contributed by atoms with Crippen LogP contribution in [0.2, 0.25) is 0 Å². The van der Waals surface area contributed by atoms with Gasteiger partial charge in [-0.3, -0.25) is 9.69 Å². The van der Waals surface area contributed by atoms with E-state index in [1.54, 1.807) is 0 Å². The van der Waals surface area contributed by atoms with Crippen LogP contribution in [0.15, 0.2) is 42.5 Å².